The average Bonchev–Trinajstić information content (AvgIpc) is 2.85. The molecule has 0 saturated carbocycles. The van der Waals surface area contributed by atoms with Gasteiger partial charge in [-0.1, -0.05) is 29.3 Å². The van der Waals surface area contributed by atoms with Crippen molar-refractivity contribution in [2.24, 2.45) is 0 Å². The molecule has 0 bridgehead atoms. The van der Waals surface area contributed by atoms with Gasteiger partial charge < -0.3 is 5.11 Å². The summed E-state index contributed by atoms with van der Waals surface area (Å²) in [6.07, 6.45) is 0. The summed E-state index contributed by atoms with van der Waals surface area (Å²) in [6.45, 7) is 0. The summed E-state index contributed by atoms with van der Waals surface area (Å²) < 4.78 is 0. The Kier molecular flexibility index (Phi) is 3.12. The van der Waals surface area contributed by atoms with E-state index < -0.39 is 5.97 Å². The van der Waals surface area contributed by atoms with Crippen molar-refractivity contribution in [2.45, 2.75) is 0 Å². The molecule has 0 radical (unpaired) electrons. The molecule has 2 N–H and O–H groups in total. The van der Waals surface area contributed by atoms with Crippen LogP contribution in [0.4, 0.5) is 0 Å². The van der Waals surface area contributed by atoms with Crippen molar-refractivity contribution in [3.8, 4) is 11.3 Å². The number of hydrogen-bond donors (Lipinski definition) is 2. The number of rotatable bonds is 2. The molecule has 6 heteroatoms. The molecule has 1 heterocycles. The first-order valence-electron chi connectivity index (χ1n) is 5.73. The second kappa shape index (κ2) is 4.81. The molecule has 1 aromatic heterocycles. The minimum atomic E-state index is -1.02. The quantitative estimate of drug-likeness (QED) is 0.744. The molecule has 3 aromatic rings. The number of benzene rings is 2. The number of H-pyrrole nitrogens is 1. The van der Waals surface area contributed by atoms with E-state index in [-0.39, 0.29) is 5.56 Å². The smallest absolute Gasteiger partial charge is 0.336 e. The van der Waals surface area contributed by atoms with Crippen LogP contribution in [0.1, 0.15) is 10.4 Å². The number of aromatic nitrogens is 2. The van der Waals surface area contributed by atoms with Crippen LogP contribution < -0.4 is 0 Å². The van der Waals surface area contributed by atoms with Gasteiger partial charge in [0.25, 0.3) is 0 Å². The SMILES string of the molecule is O=C(O)c1cccc2[nH]nc(-c3cc(Cl)ccc3Cl)c12. The molecular weight excluding hydrogens is 299 g/mol. The number of nitrogens with one attached hydrogen (secondary N) is 1. The Morgan fingerprint density at radius 1 is 1.20 bits per heavy atom. The highest BCUT2D eigenvalue weighted by Gasteiger charge is 2.18. The highest BCUT2D eigenvalue weighted by molar-refractivity contribution is 6.35. The van der Waals surface area contributed by atoms with Gasteiger partial charge in [0.05, 0.1) is 16.1 Å². The van der Waals surface area contributed by atoms with E-state index in [9.17, 15) is 9.90 Å². The topological polar surface area (TPSA) is 66.0 Å². The van der Waals surface area contributed by atoms with Crippen LogP contribution in [-0.2, 0) is 0 Å². The second-order valence-electron chi connectivity index (χ2n) is 4.23. The molecule has 0 saturated heterocycles. The van der Waals surface area contributed by atoms with Crippen molar-refractivity contribution in [1.82, 2.24) is 10.2 Å². The van der Waals surface area contributed by atoms with E-state index in [1.807, 2.05) is 0 Å². The van der Waals surface area contributed by atoms with Gasteiger partial charge in [0.15, 0.2) is 0 Å². The lowest BCUT2D eigenvalue weighted by atomic mass is 10.0. The van der Waals surface area contributed by atoms with Gasteiger partial charge in [-0.25, -0.2) is 4.79 Å². The van der Waals surface area contributed by atoms with Gasteiger partial charge in [-0.15, -0.1) is 0 Å². The predicted octanol–water partition coefficient (Wildman–Crippen LogP) is 4.23. The van der Waals surface area contributed by atoms with Crippen LogP contribution in [-0.4, -0.2) is 21.3 Å². The van der Waals surface area contributed by atoms with Crippen molar-refractivity contribution in [3.63, 3.8) is 0 Å². The Hall–Kier alpha value is -2.04. The van der Waals surface area contributed by atoms with Crippen molar-refractivity contribution >= 4 is 40.1 Å². The summed E-state index contributed by atoms with van der Waals surface area (Å²) in [7, 11) is 0. The maximum atomic E-state index is 11.3. The van der Waals surface area contributed by atoms with E-state index in [1.165, 1.54) is 6.07 Å². The Labute approximate surface area is 123 Å². The molecule has 0 atom stereocenters. The summed E-state index contributed by atoms with van der Waals surface area (Å²) in [5.74, 6) is -1.02. The Balaban J connectivity index is 2.37. The van der Waals surface area contributed by atoms with Gasteiger partial charge in [-0.3, -0.25) is 5.10 Å². The summed E-state index contributed by atoms with van der Waals surface area (Å²) in [5.41, 5.74) is 1.88. The van der Waals surface area contributed by atoms with E-state index in [0.717, 1.165) is 0 Å². The van der Waals surface area contributed by atoms with Crippen LogP contribution in [0.2, 0.25) is 10.0 Å². The lowest BCUT2D eigenvalue weighted by molar-refractivity contribution is 0.0699. The van der Waals surface area contributed by atoms with Crippen LogP contribution in [0, 0.1) is 0 Å². The molecule has 100 valence electrons. The molecule has 0 amide bonds. The molecule has 3 rings (SSSR count). The molecule has 20 heavy (non-hydrogen) atoms. The van der Waals surface area contributed by atoms with Crippen LogP contribution in [0.5, 0.6) is 0 Å². The lowest BCUT2D eigenvalue weighted by Gasteiger charge is -2.04. The normalized spacial score (nSPS) is 10.9. The average molecular weight is 307 g/mol. The minimum Gasteiger partial charge on any atom is -0.478 e. The van der Waals surface area contributed by atoms with Crippen molar-refractivity contribution in [2.75, 3.05) is 0 Å². The summed E-state index contributed by atoms with van der Waals surface area (Å²) >= 11 is 12.1. The van der Waals surface area contributed by atoms with Crippen molar-refractivity contribution in [1.29, 1.82) is 0 Å². The molecule has 2 aromatic carbocycles. The lowest BCUT2D eigenvalue weighted by Crippen LogP contribution is -1.97. The Bertz CT molecular complexity index is 827. The minimum absolute atomic E-state index is 0.169. The summed E-state index contributed by atoms with van der Waals surface area (Å²) in [4.78, 5) is 11.3. The van der Waals surface area contributed by atoms with E-state index in [1.54, 1.807) is 30.3 Å². The third kappa shape index (κ3) is 2.03. The largest absolute Gasteiger partial charge is 0.478 e. The van der Waals surface area contributed by atoms with Crippen LogP contribution in [0.25, 0.3) is 22.2 Å². The molecule has 0 unspecified atom stereocenters. The number of aromatic amines is 1. The maximum absolute atomic E-state index is 11.3. The zero-order valence-corrected chi connectivity index (χ0v) is 11.5. The Morgan fingerprint density at radius 3 is 2.75 bits per heavy atom. The van der Waals surface area contributed by atoms with Gasteiger partial charge in [-0.2, -0.15) is 5.10 Å². The van der Waals surface area contributed by atoms with E-state index in [2.05, 4.69) is 10.2 Å². The number of carbonyl (C=O) groups is 1. The van der Waals surface area contributed by atoms with Gasteiger partial charge >= 0.3 is 5.97 Å². The van der Waals surface area contributed by atoms with Crippen LogP contribution in [0.3, 0.4) is 0 Å². The molecule has 0 aliphatic heterocycles. The third-order valence-corrected chi connectivity index (χ3v) is 3.57. The molecule has 0 spiro atoms. The summed E-state index contributed by atoms with van der Waals surface area (Å²) in [6, 6.07) is 9.94. The van der Waals surface area contributed by atoms with Gasteiger partial charge in [0.1, 0.15) is 5.69 Å². The molecule has 0 fully saturated rings. The first kappa shape index (κ1) is 13.0. The maximum Gasteiger partial charge on any atom is 0.336 e. The van der Waals surface area contributed by atoms with E-state index >= 15 is 0 Å². The second-order valence-corrected chi connectivity index (χ2v) is 5.07. The van der Waals surface area contributed by atoms with E-state index in [4.69, 9.17) is 23.2 Å². The molecular formula is C14H8Cl2N2O2. The molecule has 0 aliphatic rings. The first-order valence-corrected chi connectivity index (χ1v) is 6.49. The number of carboxylic acid groups (broad SMARTS) is 1. The van der Waals surface area contributed by atoms with Crippen LogP contribution >= 0.6 is 23.2 Å². The van der Waals surface area contributed by atoms with Gasteiger partial charge in [-0.05, 0) is 30.3 Å². The number of aromatic carboxylic acids is 1. The third-order valence-electron chi connectivity index (χ3n) is 3.00. The monoisotopic (exact) mass is 306 g/mol. The zero-order chi connectivity index (χ0) is 14.3. The number of nitrogens with zero attached hydrogens (tertiary/aromatic N) is 1. The number of carboxylic acids is 1. The van der Waals surface area contributed by atoms with Gasteiger partial charge in [0.2, 0.25) is 0 Å². The fourth-order valence-electron chi connectivity index (χ4n) is 2.12. The predicted molar refractivity (Wildman–Crippen MR) is 78.5 cm³/mol. The fourth-order valence-corrected chi connectivity index (χ4v) is 2.50. The summed E-state index contributed by atoms with van der Waals surface area (Å²) in [5, 5.41) is 17.8. The molecule has 0 aliphatic carbocycles. The fraction of sp³-hybridized carbons (Fsp3) is 0. The van der Waals surface area contributed by atoms with Gasteiger partial charge in [0, 0.05) is 16.0 Å². The Morgan fingerprint density at radius 2 is 2.00 bits per heavy atom. The number of halogens is 2. The van der Waals surface area contributed by atoms with Crippen molar-refractivity contribution in [3.05, 3.63) is 52.0 Å². The van der Waals surface area contributed by atoms with E-state index in [0.29, 0.717) is 32.2 Å². The number of fused-ring (bicyclic) bond motifs is 1. The van der Waals surface area contributed by atoms with Crippen LogP contribution in [0.15, 0.2) is 36.4 Å². The van der Waals surface area contributed by atoms with Crippen molar-refractivity contribution < 1.29 is 9.90 Å². The number of hydrogen-bond acceptors (Lipinski definition) is 2. The first-order chi connectivity index (χ1) is 9.58. The molecule has 4 nitrogen and oxygen atoms in total. The standard InChI is InChI=1S/C14H8Cl2N2O2/c15-7-4-5-10(16)9(6-7)13-12-8(14(19)20)2-1-3-11(12)17-18-13/h1-6H,(H,17,18)(H,19,20). The highest BCUT2D eigenvalue weighted by atomic mass is 35.5. The highest BCUT2D eigenvalue weighted by Crippen LogP contribution is 2.35. The zero-order valence-electron chi connectivity index (χ0n) is 10.0.